The Bertz CT molecular complexity index is 479. The van der Waals surface area contributed by atoms with E-state index >= 15 is 0 Å². The third kappa shape index (κ3) is 4.08. The molecule has 0 saturated heterocycles. The zero-order chi connectivity index (χ0) is 15.3. The maximum Gasteiger partial charge on any atom is 0.221 e. The summed E-state index contributed by atoms with van der Waals surface area (Å²) in [6, 6.07) is 0. The van der Waals surface area contributed by atoms with Gasteiger partial charge in [0, 0.05) is 38.0 Å². The SMILES string of the molecule is CNC(=O)CCNc1nc(C(C)(C)C)nc(NC)c1C. The van der Waals surface area contributed by atoms with Gasteiger partial charge in [-0.15, -0.1) is 0 Å². The Morgan fingerprint density at radius 1 is 1.15 bits per heavy atom. The first-order valence-electron chi connectivity index (χ1n) is 6.81. The number of aromatic nitrogens is 2. The van der Waals surface area contributed by atoms with E-state index < -0.39 is 0 Å². The molecular formula is C14H25N5O. The lowest BCUT2D eigenvalue weighted by Crippen LogP contribution is -2.23. The molecule has 0 atom stereocenters. The number of anilines is 2. The summed E-state index contributed by atoms with van der Waals surface area (Å²) in [4.78, 5) is 20.4. The summed E-state index contributed by atoms with van der Waals surface area (Å²) in [7, 11) is 3.48. The van der Waals surface area contributed by atoms with E-state index in [2.05, 4.69) is 46.7 Å². The maximum absolute atomic E-state index is 11.2. The van der Waals surface area contributed by atoms with Gasteiger partial charge in [-0.05, 0) is 6.92 Å². The van der Waals surface area contributed by atoms with Gasteiger partial charge in [0.05, 0.1) is 0 Å². The summed E-state index contributed by atoms with van der Waals surface area (Å²) in [5.74, 6) is 2.37. The molecule has 0 spiro atoms. The Labute approximate surface area is 120 Å². The molecule has 0 aliphatic rings. The van der Waals surface area contributed by atoms with Crippen LogP contribution in [-0.4, -0.2) is 36.5 Å². The highest BCUT2D eigenvalue weighted by atomic mass is 16.1. The average Bonchev–Trinajstić information content (AvgIpc) is 2.39. The number of hydrogen-bond donors (Lipinski definition) is 3. The van der Waals surface area contributed by atoms with Crippen LogP contribution in [0.5, 0.6) is 0 Å². The molecule has 6 nitrogen and oxygen atoms in total. The topological polar surface area (TPSA) is 78.9 Å². The number of nitrogens with one attached hydrogen (secondary N) is 3. The second kappa shape index (κ2) is 6.54. The average molecular weight is 279 g/mol. The quantitative estimate of drug-likeness (QED) is 0.764. The van der Waals surface area contributed by atoms with Crippen molar-refractivity contribution in [1.82, 2.24) is 15.3 Å². The molecule has 1 heterocycles. The van der Waals surface area contributed by atoms with Crippen molar-refractivity contribution < 1.29 is 4.79 Å². The molecule has 0 aliphatic heterocycles. The molecule has 0 aromatic carbocycles. The van der Waals surface area contributed by atoms with Gasteiger partial charge < -0.3 is 16.0 Å². The standard InChI is InChI=1S/C14H25N5O/c1-9-11(16-6)18-13(14(2,3)4)19-12(9)17-8-7-10(20)15-5/h7-8H2,1-6H3,(H,15,20)(H2,16,17,18,19). The zero-order valence-corrected chi connectivity index (χ0v) is 13.2. The van der Waals surface area contributed by atoms with Crippen LogP contribution in [0, 0.1) is 6.92 Å². The van der Waals surface area contributed by atoms with Crippen molar-refractivity contribution in [3.63, 3.8) is 0 Å². The van der Waals surface area contributed by atoms with Crippen LogP contribution in [0.4, 0.5) is 11.6 Å². The molecule has 0 bridgehead atoms. The number of nitrogens with zero attached hydrogens (tertiary/aromatic N) is 2. The molecule has 1 aromatic rings. The minimum atomic E-state index is -0.128. The molecule has 6 heteroatoms. The van der Waals surface area contributed by atoms with Gasteiger partial charge in [-0.25, -0.2) is 9.97 Å². The van der Waals surface area contributed by atoms with Gasteiger partial charge in [-0.2, -0.15) is 0 Å². The van der Waals surface area contributed by atoms with Crippen molar-refractivity contribution in [2.45, 2.75) is 39.5 Å². The Kier molecular flexibility index (Phi) is 5.30. The summed E-state index contributed by atoms with van der Waals surface area (Å²) >= 11 is 0. The fourth-order valence-electron chi connectivity index (χ4n) is 1.69. The molecule has 3 N–H and O–H groups in total. The second-order valence-electron chi connectivity index (χ2n) is 5.72. The highest BCUT2D eigenvalue weighted by Crippen LogP contribution is 2.25. The van der Waals surface area contributed by atoms with Crippen LogP contribution in [0.25, 0.3) is 0 Å². The lowest BCUT2D eigenvalue weighted by atomic mass is 9.95. The summed E-state index contributed by atoms with van der Waals surface area (Å²) in [6.45, 7) is 8.73. The highest BCUT2D eigenvalue weighted by molar-refractivity contribution is 5.76. The number of carbonyl (C=O) groups is 1. The van der Waals surface area contributed by atoms with Crippen molar-refractivity contribution in [3.8, 4) is 0 Å². The minimum Gasteiger partial charge on any atom is -0.373 e. The second-order valence-corrected chi connectivity index (χ2v) is 5.72. The molecule has 20 heavy (non-hydrogen) atoms. The third-order valence-corrected chi connectivity index (χ3v) is 2.98. The largest absolute Gasteiger partial charge is 0.373 e. The molecule has 112 valence electrons. The summed E-state index contributed by atoms with van der Waals surface area (Å²) in [5, 5.41) is 8.90. The first kappa shape index (κ1) is 16.2. The molecule has 0 unspecified atom stereocenters. The lowest BCUT2D eigenvalue weighted by molar-refractivity contribution is -0.120. The molecule has 1 rings (SSSR count). The van der Waals surface area contributed by atoms with Crippen LogP contribution in [0.3, 0.4) is 0 Å². The van der Waals surface area contributed by atoms with Crippen molar-refractivity contribution in [3.05, 3.63) is 11.4 Å². The Hall–Kier alpha value is -1.85. The van der Waals surface area contributed by atoms with Crippen molar-refractivity contribution in [2.24, 2.45) is 0 Å². The summed E-state index contributed by atoms with van der Waals surface area (Å²) < 4.78 is 0. The third-order valence-electron chi connectivity index (χ3n) is 2.98. The predicted molar refractivity (Wildman–Crippen MR) is 82.2 cm³/mol. The van der Waals surface area contributed by atoms with E-state index in [-0.39, 0.29) is 11.3 Å². The van der Waals surface area contributed by atoms with Crippen molar-refractivity contribution >= 4 is 17.5 Å². The lowest BCUT2D eigenvalue weighted by Gasteiger charge is -2.20. The molecule has 1 aromatic heterocycles. The smallest absolute Gasteiger partial charge is 0.221 e. The zero-order valence-electron chi connectivity index (χ0n) is 13.2. The van der Waals surface area contributed by atoms with Gasteiger partial charge in [0.25, 0.3) is 0 Å². The summed E-state index contributed by atoms with van der Waals surface area (Å²) in [6.07, 6.45) is 0.416. The van der Waals surface area contributed by atoms with Crippen LogP contribution < -0.4 is 16.0 Å². The van der Waals surface area contributed by atoms with Gasteiger partial charge in [-0.1, -0.05) is 20.8 Å². The number of hydrogen-bond acceptors (Lipinski definition) is 5. The first-order valence-corrected chi connectivity index (χ1v) is 6.81. The van der Waals surface area contributed by atoms with Gasteiger partial charge in [0.1, 0.15) is 17.5 Å². The van der Waals surface area contributed by atoms with Gasteiger partial charge in [-0.3, -0.25) is 4.79 Å². The number of amides is 1. The van der Waals surface area contributed by atoms with Crippen LogP contribution >= 0.6 is 0 Å². The fraction of sp³-hybridized carbons (Fsp3) is 0.643. The highest BCUT2D eigenvalue weighted by Gasteiger charge is 2.20. The van der Waals surface area contributed by atoms with Crippen LogP contribution in [0.15, 0.2) is 0 Å². The molecule has 0 radical (unpaired) electrons. The Morgan fingerprint density at radius 2 is 1.75 bits per heavy atom. The van der Waals surface area contributed by atoms with Gasteiger partial charge in [0.15, 0.2) is 0 Å². The van der Waals surface area contributed by atoms with Crippen LogP contribution in [-0.2, 0) is 10.2 Å². The van der Waals surface area contributed by atoms with E-state index in [0.29, 0.717) is 13.0 Å². The van der Waals surface area contributed by atoms with E-state index in [9.17, 15) is 4.79 Å². The van der Waals surface area contributed by atoms with Crippen LogP contribution in [0.1, 0.15) is 38.6 Å². The molecule has 1 amide bonds. The number of carbonyl (C=O) groups excluding carboxylic acids is 1. The van der Waals surface area contributed by atoms with E-state index in [0.717, 1.165) is 23.0 Å². The predicted octanol–water partition coefficient (Wildman–Crippen LogP) is 1.67. The molecule has 0 aliphatic carbocycles. The van der Waals surface area contributed by atoms with E-state index in [1.165, 1.54) is 0 Å². The minimum absolute atomic E-state index is 0.00842. The molecular weight excluding hydrogens is 254 g/mol. The van der Waals surface area contributed by atoms with Crippen molar-refractivity contribution in [2.75, 3.05) is 31.3 Å². The van der Waals surface area contributed by atoms with Gasteiger partial charge in [0.2, 0.25) is 5.91 Å². The van der Waals surface area contributed by atoms with Crippen LogP contribution in [0.2, 0.25) is 0 Å². The Balaban J connectivity index is 2.96. The van der Waals surface area contributed by atoms with Gasteiger partial charge >= 0.3 is 0 Å². The van der Waals surface area contributed by atoms with E-state index in [4.69, 9.17) is 0 Å². The Morgan fingerprint density at radius 3 is 2.25 bits per heavy atom. The fourth-order valence-corrected chi connectivity index (χ4v) is 1.69. The molecule has 0 saturated carbocycles. The van der Waals surface area contributed by atoms with E-state index in [1.807, 2.05) is 14.0 Å². The van der Waals surface area contributed by atoms with Crippen molar-refractivity contribution in [1.29, 1.82) is 0 Å². The first-order chi connectivity index (χ1) is 9.29. The van der Waals surface area contributed by atoms with E-state index in [1.54, 1.807) is 7.05 Å². The molecule has 0 fully saturated rings. The monoisotopic (exact) mass is 279 g/mol. The summed E-state index contributed by atoms with van der Waals surface area (Å²) in [5.41, 5.74) is 0.827. The maximum atomic E-state index is 11.2. The normalized spacial score (nSPS) is 11.1. The number of rotatable bonds is 5.